The fourth-order valence-electron chi connectivity index (χ4n) is 8.36. The quantitative estimate of drug-likeness (QED) is 0.325. The Kier molecular flexibility index (Phi) is 11.3. The van der Waals surface area contributed by atoms with Gasteiger partial charge in [0.2, 0.25) is 11.8 Å². The number of esters is 1. The van der Waals surface area contributed by atoms with Gasteiger partial charge in [-0.2, -0.15) is 0 Å². The molecule has 4 amide bonds. The van der Waals surface area contributed by atoms with Crippen LogP contribution >= 0.6 is 0 Å². The van der Waals surface area contributed by atoms with Crippen LogP contribution in [0.3, 0.4) is 0 Å². The van der Waals surface area contributed by atoms with E-state index in [1.165, 1.54) is 7.11 Å². The Hall–Kier alpha value is -3.86. The van der Waals surface area contributed by atoms with Gasteiger partial charge in [-0.15, -0.1) is 0 Å². The average Bonchev–Trinajstić information content (AvgIpc) is 3.12. The Balaban J connectivity index is 1.04. The summed E-state index contributed by atoms with van der Waals surface area (Å²) in [6.07, 6.45) is 6.16. The topological polar surface area (TPSA) is 102 Å². The van der Waals surface area contributed by atoms with Crippen LogP contribution in [0.25, 0.3) is 0 Å². The number of rotatable bonds is 9. The van der Waals surface area contributed by atoms with Crippen molar-refractivity contribution in [2.75, 3.05) is 58.2 Å². The Bertz CT molecular complexity index is 1510. The summed E-state index contributed by atoms with van der Waals surface area (Å²) in [4.78, 5) is 60.5. The van der Waals surface area contributed by atoms with Crippen molar-refractivity contribution in [2.45, 2.75) is 70.9 Å². The van der Waals surface area contributed by atoms with Crippen LogP contribution in [0.2, 0.25) is 0 Å². The van der Waals surface area contributed by atoms with E-state index < -0.39 is 5.92 Å². The molecule has 11 heteroatoms. The van der Waals surface area contributed by atoms with Crippen LogP contribution in [-0.2, 0) is 32.1 Å². The number of likely N-dealkylation sites (tertiary alicyclic amines) is 3. The zero-order valence-corrected chi connectivity index (χ0v) is 29.1. The third kappa shape index (κ3) is 8.48. The molecule has 4 heterocycles. The fraction of sp³-hybridized carbons (Fsp3) is 0.579. The first-order valence-corrected chi connectivity index (χ1v) is 18.0. The normalized spacial score (nSPS) is 20.4. The van der Waals surface area contributed by atoms with Gasteiger partial charge in [0.05, 0.1) is 19.6 Å². The summed E-state index contributed by atoms with van der Waals surface area (Å²) >= 11 is 0. The number of nitrogens with zero attached hydrogens (tertiary/aromatic N) is 4. The van der Waals surface area contributed by atoms with E-state index in [-0.39, 0.29) is 36.3 Å². The van der Waals surface area contributed by atoms with Crippen molar-refractivity contribution in [2.24, 2.45) is 17.8 Å². The van der Waals surface area contributed by atoms with E-state index in [1.54, 1.807) is 0 Å². The van der Waals surface area contributed by atoms with E-state index in [1.807, 2.05) is 64.1 Å². The zero-order chi connectivity index (χ0) is 34.5. The summed E-state index contributed by atoms with van der Waals surface area (Å²) in [5.41, 5.74) is 4.67. The largest absolute Gasteiger partial charge is 0.468 e. The molecule has 4 aliphatic heterocycles. The summed E-state index contributed by atoms with van der Waals surface area (Å²) in [7, 11) is 7.53. The number of urea groups is 1. The summed E-state index contributed by atoms with van der Waals surface area (Å²) in [5, 5.41) is 3.01. The molecule has 6 rings (SSSR count). The first kappa shape index (κ1) is 35.0. The maximum atomic E-state index is 14.2. The molecule has 2 aromatic rings. The molecule has 4 aliphatic rings. The molecule has 2 radical (unpaired) electrons. The minimum absolute atomic E-state index is 0.00556. The maximum absolute atomic E-state index is 14.2. The number of anilines is 1. The zero-order valence-electron chi connectivity index (χ0n) is 29.1. The number of fused-ring (bicyclic) bond motifs is 1. The lowest BCUT2D eigenvalue weighted by Gasteiger charge is -2.41. The molecule has 1 unspecified atom stereocenters. The van der Waals surface area contributed by atoms with E-state index >= 15 is 0 Å². The van der Waals surface area contributed by atoms with Crippen molar-refractivity contribution in [3.8, 4) is 0 Å². The molecular formula is C38H50BN5O5. The Labute approximate surface area is 291 Å². The molecule has 10 nitrogen and oxygen atoms in total. The molecule has 1 atom stereocenters. The van der Waals surface area contributed by atoms with Gasteiger partial charge >= 0.3 is 12.0 Å². The monoisotopic (exact) mass is 667 g/mol. The first-order valence-electron chi connectivity index (χ1n) is 18.0. The smallest absolute Gasteiger partial charge is 0.322 e. The van der Waals surface area contributed by atoms with Gasteiger partial charge in [0.15, 0.2) is 0 Å². The lowest BCUT2D eigenvalue weighted by atomic mass is 9.78. The number of amides is 4. The van der Waals surface area contributed by atoms with Crippen LogP contribution in [0.1, 0.15) is 61.6 Å². The van der Waals surface area contributed by atoms with Crippen molar-refractivity contribution in [1.82, 2.24) is 19.6 Å². The number of benzene rings is 2. The number of para-hydroxylation sites is 1. The summed E-state index contributed by atoms with van der Waals surface area (Å²) in [6, 6.07) is 13.8. The van der Waals surface area contributed by atoms with Crippen molar-refractivity contribution in [1.29, 1.82) is 0 Å². The fourth-order valence-corrected chi connectivity index (χ4v) is 8.36. The van der Waals surface area contributed by atoms with Gasteiger partial charge in [-0.1, -0.05) is 47.4 Å². The SMILES string of the molecule is [B]c1ccc(CC(CC(=O)N2CCC(N3Cc4ccccc4NC3=O)CC2)C(=O)N2CCC(C3CCN(CC(=O)OC)CC3)CC2)cc1C. The molecule has 260 valence electrons. The van der Waals surface area contributed by atoms with E-state index in [9.17, 15) is 19.2 Å². The molecule has 3 fully saturated rings. The molecule has 1 N–H and O–H groups in total. The second-order valence-corrected chi connectivity index (χ2v) is 14.5. The van der Waals surface area contributed by atoms with Crippen LogP contribution in [-0.4, -0.2) is 110 Å². The molecule has 0 bridgehead atoms. The van der Waals surface area contributed by atoms with Gasteiger partial charge in [-0.3, -0.25) is 19.3 Å². The molecule has 0 aromatic heterocycles. The number of hydrogen-bond donors (Lipinski definition) is 1. The number of piperidine rings is 3. The summed E-state index contributed by atoms with van der Waals surface area (Å²) in [5.74, 6) is 0.611. The Morgan fingerprint density at radius 3 is 2.22 bits per heavy atom. The number of carbonyl (C=O) groups excluding carboxylic acids is 4. The number of hydrogen-bond acceptors (Lipinski definition) is 6. The van der Waals surface area contributed by atoms with Gasteiger partial charge in [0.25, 0.3) is 0 Å². The highest BCUT2D eigenvalue weighted by molar-refractivity contribution is 6.33. The van der Waals surface area contributed by atoms with Gasteiger partial charge < -0.3 is 24.8 Å². The summed E-state index contributed by atoms with van der Waals surface area (Å²) < 4.78 is 4.83. The number of ether oxygens (including phenoxy) is 1. The minimum Gasteiger partial charge on any atom is -0.468 e. The lowest BCUT2D eigenvalue weighted by Crippen LogP contribution is -2.51. The maximum Gasteiger partial charge on any atom is 0.322 e. The van der Waals surface area contributed by atoms with Crippen molar-refractivity contribution in [3.05, 3.63) is 59.2 Å². The summed E-state index contributed by atoms with van der Waals surface area (Å²) in [6.45, 7) is 7.27. The standard InChI is InChI=1S/C38H50BN5O5/c1-26-21-27(7-8-33(26)39)22-31(37(47)43-17-11-29(12-18-43)28-9-15-41(16-10-28)25-36(46)49-2)23-35(45)42-19-13-32(14-20-42)44-24-30-5-3-4-6-34(30)40-38(44)48/h3-8,21,28-29,31-32H,9-20,22-25H2,1-2H3,(H,40,48). The molecular weight excluding hydrogens is 617 g/mol. The minimum atomic E-state index is -0.448. The van der Waals surface area contributed by atoms with Crippen LogP contribution in [0.5, 0.6) is 0 Å². The number of nitrogens with one attached hydrogen (secondary N) is 1. The van der Waals surface area contributed by atoms with Crippen LogP contribution in [0.15, 0.2) is 42.5 Å². The number of aryl methyl sites for hydroxylation is 1. The number of methoxy groups -OCH3 is 1. The Morgan fingerprint density at radius 1 is 0.898 bits per heavy atom. The van der Waals surface area contributed by atoms with Gasteiger partial charge in [-0.05, 0) is 94.0 Å². The third-order valence-electron chi connectivity index (χ3n) is 11.4. The highest BCUT2D eigenvalue weighted by Crippen LogP contribution is 2.34. The first-order chi connectivity index (χ1) is 23.7. The van der Waals surface area contributed by atoms with E-state index in [2.05, 4.69) is 10.2 Å². The van der Waals surface area contributed by atoms with Gasteiger partial charge in [0, 0.05) is 50.9 Å². The predicted molar refractivity (Wildman–Crippen MR) is 189 cm³/mol. The van der Waals surface area contributed by atoms with Crippen LogP contribution < -0.4 is 10.8 Å². The van der Waals surface area contributed by atoms with E-state index in [4.69, 9.17) is 12.6 Å². The van der Waals surface area contributed by atoms with Crippen LogP contribution in [0.4, 0.5) is 10.5 Å². The average molecular weight is 668 g/mol. The highest BCUT2D eigenvalue weighted by Gasteiger charge is 2.36. The van der Waals surface area contributed by atoms with E-state index in [0.29, 0.717) is 70.4 Å². The van der Waals surface area contributed by atoms with Crippen molar-refractivity contribution < 1.29 is 23.9 Å². The predicted octanol–water partition coefficient (Wildman–Crippen LogP) is 3.50. The second-order valence-electron chi connectivity index (χ2n) is 14.5. The molecule has 49 heavy (non-hydrogen) atoms. The highest BCUT2D eigenvalue weighted by atomic mass is 16.5. The second kappa shape index (κ2) is 15.8. The molecule has 2 aromatic carbocycles. The third-order valence-corrected chi connectivity index (χ3v) is 11.4. The molecule has 0 aliphatic carbocycles. The number of carbonyl (C=O) groups is 4. The van der Waals surface area contributed by atoms with E-state index in [0.717, 1.165) is 66.6 Å². The molecule has 0 saturated carbocycles. The molecule has 3 saturated heterocycles. The molecule has 0 spiro atoms. The van der Waals surface area contributed by atoms with Gasteiger partial charge in [0.1, 0.15) is 7.85 Å². The Morgan fingerprint density at radius 2 is 1.55 bits per heavy atom. The van der Waals surface area contributed by atoms with Crippen molar-refractivity contribution >= 4 is 42.8 Å². The van der Waals surface area contributed by atoms with Gasteiger partial charge in [-0.25, -0.2) is 4.79 Å². The van der Waals surface area contributed by atoms with Crippen LogP contribution in [0, 0.1) is 24.7 Å². The van der Waals surface area contributed by atoms with Crippen molar-refractivity contribution in [3.63, 3.8) is 0 Å². The lowest BCUT2D eigenvalue weighted by molar-refractivity contribution is -0.143.